The largest absolute Gasteiger partial charge is 0.370 e. The molecule has 1 N–H and O–H groups in total. The van der Waals surface area contributed by atoms with E-state index in [4.69, 9.17) is 4.99 Å². The lowest BCUT2D eigenvalue weighted by atomic mass is 10.1. The quantitative estimate of drug-likeness (QED) is 0.390. The number of aromatic nitrogens is 4. The number of aromatic amines is 1. The van der Waals surface area contributed by atoms with E-state index in [1.807, 2.05) is 38.1 Å². The van der Waals surface area contributed by atoms with Crippen molar-refractivity contribution in [3.05, 3.63) is 72.5 Å². The van der Waals surface area contributed by atoms with Crippen LogP contribution in [-0.4, -0.2) is 38.2 Å². The molecule has 0 bridgehead atoms. The molecule has 0 atom stereocenters. The number of nitrogens with one attached hydrogen (secondary N) is 1. The minimum absolute atomic E-state index is 0.0695. The number of piperidine rings is 1. The molecule has 4 aromatic rings. The first-order valence-electron chi connectivity index (χ1n) is 11.8. The lowest BCUT2D eigenvalue weighted by Gasteiger charge is -2.30. The molecule has 9 heteroatoms. The van der Waals surface area contributed by atoms with E-state index >= 15 is 0 Å². The summed E-state index contributed by atoms with van der Waals surface area (Å²) in [7, 11) is 3.57. The molecule has 0 unspecified atom stereocenters. The highest BCUT2D eigenvalue weighted by atomic mass is 79.9. The van der Waals surface area contributed by atoms with E-state index in [2.05, 4.69) is 32.0 Å². The Labute approximate surface area is 211 Å². The molecule has 3 heterocycles. The lowest BCUT2D eigenvalue weighted by Crippen LogP contribution is -2.29. The number of nitrogens with zero attached hydrogens (tertiary/aromatic N) is 5. The standard InChI is InChI=1S/C26H29BrN6O2/c1-16-12-18(27)8-9-21(16)33-25(34)19(17(2)29-33)15-28-20-13-23-24(31(4)26(35)30(23)3)14-22(20)32-10-6-5-7-11-32/h8-9,12-15,29H,5-7,10-11H2,1-4H3. The molecule has 1 aliphatic heterocycles. The highest BCUT2D eigenvalue weighted by molar-refractivity contribution is 9.10. The molecular weight excluding hydrogens is 508 g/mol. The number of fused-ring (bicyclic) bond motifs is 1. The van der Waals surface area contributed by atoms with Crippen molar-refractivity contribution in [3.8, 4) is 5.69 Å². The Hall–Kier alpha value is -3.33. The van der Waals surface area contributed by atoms with E-state index in [1.165, 1.54) is 6.42 Å². The summed E-state index contributed by atoms with van der Waals surface area (Å²) in [4.78, 5) is 33.0. The highest BCUT2D eigenvalue weighted by Crippen LogP contribution is 2.34. The van der Waals surface area contributed by atoms with Gasteiger partial charge in [0.15, 0.2) is 0 Å². The first kappa shape index (κ1) is 23.4. The molecule has 35 heavy (non-hydrogen) atoms. The maximum Gasteiger partial charge on any atom is 0.328 e. The van der Waals surface area contributed by atoms with Gasteiger partial charge in [-0.05, 0) is 69.0 Å². The van der Waals surface area contributed by atoms with Gasteiger partial charge in [-0.2, -0.15) is 0 Å². The summed E-state index contributed by atoms with van der Waals surface area (Å²) in [6, 6.07) is 9.83. The highest BCUT2D eigenvalue weighted by Gasteiger charge is 2.19. The molecule has 1 fully saturated rings. The van der Waals surface area contributed by atoms with E-state index in [0.29, 0.717) is 5.56 Å². The van der Waals surface area contributed by atoms with Gasteiger partial charge in [0.25, 0.3) is 5.56 Å². The van der Waals surface area contributed by atoms with Crippen LogP contribution in [0.5, 0.6) is 0 Å². The minimum atomic E-state index is -0.149. The minimum Gasteiger partial charge on any atom is -0.370 e. The summed E-state index contributed by atoms with van der Waals surface area (Å²) in [5.74, 6) is 0. The summed E-state index contributed by atoms with van der Waals surface area (Å²) in [6.45, 7) is 5.76. The number of hydrogen-bond acceptors (Lipinski definition) is 4. The molecule has 8 nitrogen and oxygen atoms in total. The monoisotopic (exact) mass is 536 g/mol. The van der Waals surface area contributed by atoms with Gasteiger partial charge in [-0.25, -0.2) is 9.48 Å². The Morgan fingerprint density at radius 3 is 2.31 bits per heavy atom. The molecular formula is C26H29BrN6O2. The normalized spacial score (nSPS) is 14.5. The van der Waals surface area contributed by atoms with Crippen LogP contribution in [0.25, 0.3) is 16.7 Å². The van der Waals surface area contributed by atoms with Crippen molar-refractivity contribution in [1.82, 2.24) is 18.9 Å². The zero-order valence-corrected chi connectivity index (χ0v) is 22.0. The summed E-state index contributed by atoms with van der Waals surface area (Å²) in [5.41, 5.74) is 6.27. The molecule has 0 aliphatic carbocycles. The molecule has 1 saturated heterocycles. The number of H-pyrrole nitrogens is 1. The van der Waals surface area contributed by atoms with Gasteiger partial charge in [0.2, 0.25) is 0 Å². The fraction of sp³-hybridized carbons (Fsp3) is 0.346. The molecule has 2 aromatic heterocycles. The molecule has 2 aromatic carbocycles. The third kappa shape index (κ3) is 4.07. The van der Waals surface area contributed by atoms with Crippen LogP contribution in [0.3, 0.4) is 0 Å². The second-order valence-corrected chi connectivity index (χ2v) is 10.2. The smallest absolute Gasteiger partial charge is 0.328 e. The van der Waals surface area contributed by atoms with Crippen LogP contribution in [0, 0.1) is 13.8 Å². The average molecular weight is 537 g/mol. The SMILES string of the molecule is Cc1cc(Br)ccc1-n1[nH]c(C)c(C=Nc2cc3c(cc2N2CCCCC2)n(C)c(=O)n3C)c1=O. The Balaban J connectivity index is 1.62. The van der Waals surface area contributed by atoms with Crippen molar-refractivity contribution in [2.24, 2.45) is 19.1 Å². The maximum absolute atomic E-state index is 13.3. The molecule has 0 saturated carbocycles. The number of benzene rings is 2. The van der Waals surface area contributed by atoms with Gasteiger partial charge in [-0.1, -0.05) is 15.9 Å². The molecule has 0 radical (unpaired) electrons. The Morgan fingerprint density at radius 1 is 0.943 bits per heavy atom. The number of imidazole rings is 1. The van der Waals surface area contributed by atoms with Crippen LogP contribution >= 0.6 is 15.9 Å². The van der Waals surface area contributed by atoms with Gasteiger partial charge in [-0.15, -0.1) is 0 Å². The van der Waals surface area contributed by atoms with E-state index in [-0.39, 0.29) is 11.2 Å². The number of rotatable bonds is 4. The van der Waals surface area contributed by atoms with Gasteiger partial charge in [0.1, 0.15) is 0 Å². The van der Waals surface area contributed by atoms with Crippen molar-refractivity contribution >= 4 is 44.6 Å². The zero-order valence-electron chi connectivity index (χ0n) is 20.4. The van der Waals surface area contributed by atoms with E-state index in [0.717, 1.165) is 69.8 Å². The van der Waals surface area contributed by atoms with E-state index in [1.54, 1.807) is 34.1 Å². The third-order valence-corrected chi connectivity index (χ3v) is 7.41. The zero-order chi connectivity index (χ0) is 24.9. The number of aliphatic imine (C=N–C) groups is 1. The van der Waals surface area contributed by atoms with Crippen LogP contribution < -0.4 is 16.1 Å². The molecule has 182 valence electrons. The second kappa shape index (κ2) is 9.03. The van der Waals surface area contributed by atoms with Crippen molar-refractivity contribution in [3.63, 3.8) is 0 Å². The second-order valence-electron chi connectivity index (χ2n) is 9.26. The number of halogens is 1. The van der Waals surface area contributed by atoms with Crippen LogP contribution in [-0.2, 0) is 14.1 Å². The summed E-state index contributed by atoms with van der Waals surface area (Å²) >= 11 is 3.48. The number of hydrogen-bond donors (Lipinski definition) is 1. The first-order chi connectivity index (χ1) is 16.8. The summed E-state index contributed by atoms with van der Waals surface area (Å²) in [6.07, 6.45) is 5.12. The van der Waals surface area contributed by atoms with Crippen LogP contribution in [0.1, 0.15) is 36.1 Å². The third-order valence-electron chi connectivity index (χ3n) is 6.91. The van der Waals surface area contributed by atoms with Gasteiger partial charge >= 0.3 is 5.69 Å². The first-order valence-corrected chi connectivity index (χ1v) is 12.6. The molecule has 0 amide bonds. The number of aryl methyl sites for hydroxylation is 4. The molecule has 5 rings (SSSR count). The topological polar surface area (TPSA) is 80.3 Å². The van der Waals surface area contributed by atoms with E-state index < -0.39 is 0 Å². The predicted octanol–water partition coefficient (Wildman–Crippen LogP) is 4.48. The molecule has 0 spiro atoms. The van der Waals surface area contributed by atoms with Crippen molar-refractivity contribution in [2.45, 2.75) is 33.1 Å². The number of anilines is 1. The van der Waals surface area contributed by atoms with Gasteiger partial charge in [-0.3, -0.25) is 24.0 Å². The van der Waals surface area contributed by atoms with E-state index in [9.17, 15) is 9.59 Å². The summed E-state index contributed by atoms with van der Waals surface area (Å²) < 4.78 is 5.84. The Kier molecular flexibility index (Phi) is 6.04. The van der Waals surface area contributed by atoms with Crippen molar-refractivity contribution in [2.75, 3.05) is 18.0 Å². The fourth-order valence-electron chi connectivity index (χ4n) is 4.90. The summed E-state index contributed by atoms with van der Waals surface area (Å²) in [5, 5.41) is 3.19. The Bertz CT molecular complexity index is 1580. The van der Waals surface area contributed by atoms with Gasteiger partial charge < -0.3 is 4.90 Å². The predicted molar refractivity (Wildman–Crippen MR) is 145 cm³/mol. The van der Waals surface area contributed by atoms with Crippen molar-refractivity contribution < 1.29 is 0 Å². The lowest BCUT2D eigenvalue weighted by molar-refractivity contribution is 0.578. The van der Waals surface area contributed by atoms with Crippen LogP contribution in [0.15, 0.2) is 49.4 Å². The maximum atomic E-state index is 13.3. The van der Waals surface area contributed by atoms with Crippen LogP contribution in [0.4, 0.5) is 11.4 Å². The fourth-order valence-corrected chi connectivity index (χ4v) is 5.38. The van der Waals surface area contributed by atoms with Crippen molar-refractivity contribution in [1.29, 1.82) is 0 Å². The van der Waals surface area contributed by atoms with Crippen LogP contribution in [0.2, 0.25) is 0 Å². The van der Waals surface area contributed by atoms with Gasteiger partial charge in [0, 0.05) is 43.6 Å². The average Bonchev–Trinajstić information content (AvgIpc) is 3.24. The van der Waals surface area contributed by atoms with Gasteiger partial charge in [0.05, 0.1) is 33.7 Å². The molecule has 1 aliphatic rings. The Morgan fingerprint density at radius 2 is 1.63 bits per heavy atom.